The first-order valence-electron chi connectivity index (χ1n) is 6.65. The van der Waals surface area contributed by atoms with Crippen LogP contribution in [0, 0.1) is 6.92 Å². The number of fused-ring (bicyclic) bond motifs is 1. The van der Waals surface area contributed by atoms with E-state index in [4.69, 9.17) is 21.0 Å². The number of benzene rings is 1. The Morgan fingerprint density at radius 3 is 2.64 bits per heavy atom. The van der Waals surface area contributed by atoms with Crippen molar-refractivity contribution in [2.75, 3.05) is 5.73 Å². The number of aryl methyl sites for hydroxylation is 1. The van der Waals surface area contributed by atoms with Gasteiger partial charge in [-0.2, -0.15) is 0 Å². The number of carbonyl (C=O) groups excluding carboxylic acids is 1. The van der Waals surface area contributed by atoms with Gasteiger partial charge in [0, 0.05) is 35.2 Å². The highest BCUT2D eigenvalue weighted by Gasteiger charge is 2.21. The van der Waals surface area contributed by atoms with E-state index in [1.807, 2.05) is 0 Å². The largest absolute Gasteiger partial charge is 0.481 e. The quantitative estimate of drug-likeness (QED) is 0.426. The monoisotopic (exact) mass is 304 g/mol. The van der Waals surface area contributed by atoms with Crippen LogP contribution in [0.25, 0.3) is 11.0 Å². The number of carboxylic acid groups (broad SMARTS) is 1. The van der Waals surface area contributed by atoms with Gasteiger partial charge in [-0.3, -0.25) is 9.59 Å². The van der Waals surface area contributed by atoms with Gasteiger partial charge in [-0.05, 0) is 25.0 Å². The van der Waals surface area contributed by atoms with Crippen LogP contribution >= 0.6 is 0 Å². The zero-order chi connectivity index (χ0) is 16.4. The number of carbonyl (C=O) groups is 2. The molecule has 0 aliphatic carbocycles. The second-order valence-corrected chi connectivity index (χ2v) is 5.09. The summed E-state index contributed by atoms with van der Waals surface area (Å²) < 4.78 is 5.07. The molecule has 0 unspecified atom stereocenters. The van der Waals surface area contributed by atoms with Crippen LogP contribution in [-0.4, -0.2) is 22.9 Å². The smallest absolute Gasteiger partial charge is 0.336 e. The molecule has 7 nitrogen and oxygen atoms in total. The van der Waals surface area contributed by atoms with Crippen LogP contribution in [0.15, 0.2) is 27.4 Å². The van der Waals surface area contributed by atoms with Crippen LogP contribution in [0.5, 0.6) is 0 Å². The van der Waals surface area contributed by atoms with Gasteiger partial charge in [0.1, 0.15) is 5.58 Å². The lowest BCUT2D eigenvalue weighted by molar-refractivity contribution is -0.137. The Labute approximate surface area is 125 Å². The highest BCUT2D eigenvalue weighted by Crippen LogP contribution is 2.26. The molecule has 1 aromatic heterocycles. The maximum Gasteiger partial charge on any atom is 0.336 e. The predicted molar refractivity (Wildman–Crippen MR) is 80.8 cm³/mol. The van der Waals surface area contributed by atoms with Gasteiger partial charge in [0.05, 0.1) is 6.04 Å². The molecule has 116 valence electrons. The minimum atomic E-state index is -1.03. The number of rotatable bonds is 5. The van der Waals surface area contributed by atoms with Crippen molar-refractivity contribution in [1.82, 2.24) is 0 Å². The number of nitrogens with two attached hydrogens (primary N) is 2. The number of anilines is 1. The summed E-state index contributed by atoms with van der Waals surface area (Å²) in [5.74, 6) is -1.46. The Morgan fingerprint density at radius 1 is 1.32 bits per heavy atom. The maximum atomic E-state index is 12.5. The van der Waals surface area contributed by atoms with Crippen LogP contribution in [0.3, 0.4) is 0 Å². The number of aliphatic carboxylic acids is 1. The molecule has 0 aliphatic rings. The van der Waals surface area contributed by atoms with Crippen molar-refractivity contribution in [3.8, 4) is 0 Å². The van der Waals surface area contributed by atoms with Crippen LogP contribution < -0.4 is 17.1 Å². The van der Waals surface area contributed by atoms with E-state index >= 15 is 0 Å². The minimum absolute atomic E-state index is 0.0142. The van der Waals surface area contributed by atoms with E-state index < -0.39 is 23.4 Å². The molecule has 22 heavy (non-hydrogen) atoms. The van der Waals surface area contributed by atoms with Crippen LogP contribution in [0.4, 0.5) is 5.69 Å². The zero-order valence-corrected chi connectivity index (χ0v) is 12.0. The highest BCUT2D eigenvalue weighted by atomic mass is 16.4. The van der Waals surface area contributed by atoms with Crippen molar-refractivity contribution < 1.29 is 19.1 Å². The molecule has 2 rings (SSSR count). The van der Waals surface area contributed by atoms with Gasteiger partial charge in [-0.25, -0.2) is 4.79 Å². The molecule has 1 atom stereocenters. The van der Waals surface area contributed by atoms with Crippen LogP contribution in [-0.2, 0) is 4.79 Å². The Balaban J connectivity index is 2.52. The van der Waals surface area contributed by atoms with Gasteiger partial charge in [-0.15, -0.1) is 0 Å². The normalized spacial score (nSPS) is 12.3. The van der Waals surface area contributed by atoms with Gasteiger partial charge >= 0.3 is 11.6 Å². The Morgan fingerprint density at radius 2 is 2.00 bits per heavy atom. The van der Waals surface area contributed by atoms with E-state index in [0.717, 1.165) is 0 Å². The molecule has 5 N–H and O–H groups in total. The molecule has 0 aliphatic heterocycles. The summed E-state index contributed by atoms with van der Waals surface area (Å²) in [6.45, 7) is 1.68. The molecular formula is C15H16N2O5. The third-order valence-electron chi connectivity index (χ3n) is 3.34. The maximum absolute atomic E-state index is 12.5. The lowest BCUT2D eigenvalue weighted by Crippen LogP contribution is -2.31. The summed E-state index contributed by atoms with van der Waals surface area (Å²) in [7, 11) is 0. The summed E-state index contributed by atoms with van der Waals surface area (Å²) in [5, 5.41) is 9.13. The average Bonchev–Trinajstić information content (AvgIpc) is 2.42. The van der Waals surface area contributed by atoms with Crippen molar-refractivity contribution in [2.24, 2.45) is 5.73 Å². The molecule has 0 saturated heterocycles. The number of hydrogen-bond donors (Lipinski definition) is 3. The van der Waals surface area contributed by atoms with Crippen molar-refractivity contribution in [1.29, 1.82) is 0 Å². The second kappa shape index (κ2) is 5.98. The molecular weight excluding hydrogens is 288 g/mol. The van der Waals surface area contributed by atoms with Crippen molar-refractivity contribution in [2.45, 2.75) is 25.8 Å². The van der Waals surface area contributed by atoms with E-state index in [-0.39, 0.29) is 29.7 Å². The molecule has 0 radical (unpaired) electrons. The van der Waals surface area contributed by atoms with Gasteiger partial charge in [0.2, 0.25) is 0 Å². The molecule has 0 saturated carbocycles. The topological polar surface area (TPSA) is 137 Å². The number of hydrogen-bond acceptors (Lipinski definition) is 6. The summed E-state index contributed by atoms with van der Waals surface area (Å²) in [5.41, 5.74) is 12.2. The van der Waals surface area contributed by atoms with Crippen molar-refractivity contribution in [3.63, 3.8) is 0 Å². The Bertz CT molecular complexity index is 809. The molecule has 2 aromatic rings. The fourth-order valence-electron chi connectivity index (χ4n) is 2.31. The molecule has 1 aromatic carbocycles. The molecule has 1 heterocycles. The molecule has 0 bridgehead atoms. The number of Topliss-reactive ketones (excluding diaryl/α,β-unsaturated/α-hetero) is 1. The van der Waals surface area contributed by atoms with E-state index in [1.165, 1.54) is 18.2 Å². The fraction of sp³-hybridized carbons (Fsp3) is 0.267. The van der Waals surface area contributed by atoms with Gasteiger partial charge in [0.15, 0.2) is 5.78 Å². The van der Waals surface area contributed by atoms with Crippen LogP contribution in [0.1, 0.15) is 28.8 Å². The standard InChI is InChI=1S/C15H16N2O5/c1-7-4-13(20)22-11-6-8(16)5-9(14(7)11)15(21)10(17)2-3-12(18)19/h4-6,10H,2-3,16-17H2,1H3,(H,18,19)/t10-/m0/s1. The second-order valence-electron chi connectivity index (χ2n) is 5.09. The highest BCUT2D eigenvalue weighted by molar-refractivity contribution is 6.11. The van der Waals surface area contributed by atoms with Gasteiger partial charge in [0.25, 0.3) is 0 Å². The lowest BCUT2D eigenvalue weighted by atomic mass is 9.95. The third kappa shape index (κ3) is 3.15. The first-order chi connectivity index (χ1) is 10.3. The number of ketones is 1. The average molecular weight is 304 g/mol. The first kappa shape index (κ1) is 15.7. The van der Waals surface area contributed by atoms with Gasteiger partial charge in [-0.1, -0.05) is 0 Å². The van der Waals surface area contributed by atoms with E-state index in [2.05, 4.69) is 0 Å². The molecule has 0 fully saturated rings. The van der Waals surface area contributed by atoms with Crippen molar-refractivity contribution >= 4 is 28.4 Å². The summed E-state index contributed by atoms with van der Waals surface area (Å²) >= 11 is 0. The molecule has 7 heteroatoms. The Hall–Kier alpha value is -2.67. The van der Waals surface area contributed by atoms with Crippen LogP contribution in [0.2, 0.25) is 0 Å². The van der Waals surface area contributed by atoms with E-state index in [9.17, 15) is 14.4 Å². The van der Waals surface area contributed by atoms with E-state index in [0.29, 0.717) is 10.9 Å². The van der Waals surface area contributed by atoms with E-state index in [1.54, 1.807) is 6.92 Å². The summed E-state index contributed by atoms with van der Waals surface area (Å²) in [6.07, 6.45) is -0.193. The predicted octanol–water partition coefficient (Wildman–Crippen LogP) is 1.06. The zero-order valence-electron chi connectivity index (χ0n) is 12.0. The first-order valence-corrected chi connectivity index (χ1v) is 6.65. The lowest BCUT2D eigenvalue weighted by Gasteiger charge is -2.13. The SMILES string of the molecule is Cc1cc(=O)oc2cc(N)cc(C(=O)[C@@H](N)CCC(=O)O)c12. The fourth-order valence-corrected chi connectivity index (χ4v) is 2.31. The molecule has 0 amide bonds. The minimum Gasteiger partial charge on any atom is -0.481 e. The number of nitrogen functional groups attached to an aromatic ring is 1. The Kier molecular flexibility index (Phi) is 4.27. The number of carboxylic acids is 1. The summed E-state index contributed by atoms with van der Waals surface area (Å²) in [6, 6.07) is 3.23. The summed E-state index contributed by atoms with van der Waals surface area (Å²) in [4.78, 5) is 34.5. The van der Waals surface area contributed by atoms with Gasteiger partial charge < -0.3 is 21.0 Å². The molecule has 0 spiro atoms. The van der Waals surface area contributed by atoms with Crippen molar-refractivity contribution in [3.05, 3.63) is 39.7 Å². The third-order valence-corrected chi connectivity index (χ3v) is 3.34.